The topological polar surface area (TPSA) is 20.2 Å². The summed E-state index contributed by atoms with van der Waals surface area (Å²) < 4.78 is 13.0. The van der Waals surface area contributed by atoms with Crippen molar-refractivity contribution in [3.05, 3.63) is 34.6 Å². The average Bonchev–Trinajstić information content (AvgIpc) is 2.15. The van der Waals surface area contributed by atoms with Gasteiger partial charge in [0.05, 0.1) is 6.10 Å². The highest BCUT2D eigenvalue weighted by Gasteiger charge is 2.16. The molecule has 0 bridgehead atoms. The molecule has 0 aliphatic carbocycles. The minimum absolute atomic E-state index is 0.118. The van der Waals surface area contributed by atoms with Crippen LogP contribution in [0.25, 0.3) is 0 Å². The van der Waals surface area contributed by atoms with Crippen molar-refractivity contribution in [2.24, 2.45) is 5.92 Å². The van der Waals surface area contributed by atoms with Gasteiger partial charge in [0.25, 0.3) is 0 Å². The normalized spacial score (nSPS) is 15.0. The van der Waals surface area contributed by atoms with E-state index < -0.39 is 11.9 Å². The van der Waals surface area contributed by atoms with Gasteiger partial charge >= 0.3 is 0 Å². The molecule has 0 fully saturated rings. The molecular formula is C12H16ClFO. The van der Waals surface area contributed by atoms with E-state index in [0.717, 1.165) is 12.8 Å². The maximum Gasteiger partial charge on any atom is 0.125 e. The Hall–Kier alpha value is -0.600. The second-order valence-electron chi connectivity index (χ2n) is 3.91. The number of benzene rings is 1. The highest BCUT2D eigenvalue weighted by Crippen LogP contribution is 2.27. The fraction of sp³-hybridized carbons (Fsp3) is 0.500. The molecule has 0 aliphatic rings. The minimum Gasteiger partial charge on any atom is -0.388 e. The van der Waals surface area contributed by atoms with E-state index >= 15 is 0 Å². The molecule has 2 atom stereocenters. The van der Waals surface area contributed by atoms with Gasteiger partial charge in [0.1, 0.15) is 5.82 Å². The standard InChI is InChI=1S/C12H16ClFO/c1-3-4-8(2)12(15)9-5-10(13)7-11(14)6-9/h5-8,12,15H,3-4H2,1-2H3. The fourth-order valence-electron chi connectivity index (χ4n) is 1.69. The number of aliphatic hydroxyl groups excluding tert-OH is 1. The van der Waals surface area contributed by atoms with Crippen molar-refractivity contribution in [3.8, 4) is 0 Å². The number of hydrogen-bond donors (Lipinski definition) is 1. The van der Waals surface area contributed by atoms with Crippen LogP contribution in [0.5, 0.6) is 0 Å². The average molecular weight is 231 g/mol. The van der Waals surface area contributed by atoms with Crippen molar-refractivity contribution in [1.29, 1.82) is 0 Å². The molecule has 0 radical (unpaired) electrons. The van der Waals surface area contributed by atoms with Gasteiger partial charge in [-0.1, -0.05) is 31.9 Å². The van der Waals surface area contributed by atoms with Gasteiger partial charge in [-0.2, -0.15) is 0 Å². The van der Waals surface area contributed by atoms with Gasteiger partial charge in [-0.15, -0.1) is 0 Å². The molecule has 0 aliphatic heterocycles. The largest absolute Gasteiger partial charge is 0.388 e. The van der Waals surface area contributed by atoms with Crippen LogP contribution in [0.1, 0.15) is 38.4 Å². The first-order chi connectivity index (χ1) is 7.04. The van der Waals surface area contributed by atoms with Crippen LogP contribution in [-0.2, 0) is 0 Å². The first-order valence-electron chi connectivity index (χ1n) is 5.18. The van der Waals surface area contributed by atoms with Crippen molar-refractivity contribution in [3.63, 3.8) is 0 Å². The molecule has 2 unspecified atom stereocenters. The summed E-state index contributed by atoms with van der Waals surface area (Å²) >= 11 is 5.72. The summed E-state index contributed by atoms with van der Waals surface area (Å²) in [5.74, 6) is -0.284. The van der Waals surface area contributed by atoms with Gasteiger partial charge in [0.15, 0.2) is 0 Å². The van der Waals surface area contributed by atoms with Crippen LogP contribution in [0.2, 0.25) is 5.02 Å². The van der Waals surface area contributed by atoms with Crippen LogP contribution >= 0.6 is 11.6 Å². The Morgan fingerprint density at radius 1 is 1.40 bits per heavy atom. The summed E-state index contributed by atoms with van der Waals surface area (Å²) in [6.07, 6.45) is 1.27. The molecule has 3 heteroatoms. The van der Waals surface area contributed by atoms with Gasteiger partial charge in [0, 0.05) is 5.02 Å². The third-order valence-electron chi connectivity index (χ3n) is 2.51. The summed E-state index contributed by atoms with van der Waals surface area (Å²) in [6, 6.07) is 4.19. The summed E-state index contributed by atoms with van der Waals surface area (Å²) in [6.45, 7) is 4.01. The first-order valence-corrected chi connectivity index (χ1v) is 5.56. The zero-order valence-electron chi connectivity index (χ0n) is 9.00. The Bertz CT molecular complexity index is 307. The molecular weight excluding hydrogens is 215 g/mol. The zero-order valence-corrected chi connectivity index (χ0v) is 9.76. The Labute approximate surface area is 94.9 Å². The molecule has 0 amide bonds. The van der Waals surface area contributed by atoms with Gasteiger partial charge in [0.2, 0.25) is 0 Å². The molecule has 15 heavy (non-hydrogen) atoms. The van der Waals surface area contributed by atoms with Crippen LogP contribution < -0.4 is 0 Å². The lowest BCUT2D eigenvalue weighted by molar-refractivity contribution is 0.112. The molecule has 1 N–H and O–H groups in total. The van der Waals surface area contributed by atoms with Crippen LogP contribution in [0, 0.1) is 11.7 Å². The van der Waals surface area contributed by atoms with Crippen molar-refractivity contribution in [2.45, 2.75) is 32.8 Å². The molecule has 0 saturated heterocycles. The van der Waals surface area contributed by atoms with Crippen molar-refractivity contribution < 1.29 is 9.50 Å². The number of hydrogen-bond acceptors (Lipinski definition) is 1. The third-order valence-corrected chi connectivity index (χ3v) is 2.73. The smallest absolute Gasteiger partial charge is 0.125 e. The second-order valence-corrected chi connectivity index (χ2v) is 4.35. The van der Waals surface area contributed by atoms with E-state index in [2.05, 4.69) is 6.92 Å². The van der Waals surface area contributed by atoms with Gasteiger partial charge in [-0.3, -0.25) is 0 Å². The van der Waals surface area contributed by atoms with Crippen molar-refractivity contribution in [1.82, 2.24) is 0 Å². The maximum absolute atomic E-state index is 13.0. The van der Waals surface area contributed by atoms with Crippen LogP contribution in [-0.4, -0.2) is 5.11 Å². The van der Waals surface area contributed by atoms with E-state index in [1.807, 2.05) is 6.92 Å². The number of aliphatic hydroxyl groups is 1. The van der Waals surface area contributed by atoms with Crippen LogP contribution in [0.3, 0.4) is 0 Å². The summed E-state index contributed by atoms with van der Waals surface area (Å²) in [7, 11) is 0. The van der Waals surface area contributed by atoms with Crippen LogP contribution in [0.4, 0.5) is 4.39 Å². The molecule has 0 heterocycles. The quantitative estimate of drug-likeness (QED) is 0.831. The summed E-state index contributed by atoms with van der Waals surface area (Å²) in [4.78, 5) is 0. The highest BCUT2D eigenvalue weighted by atomic mass is 35.5. The molecule has 0 spiro atoms. The summed E-state index contributed by atoms with van der Waals surface area (Å²) in [5, 5.41) is 10.3. The fourth-order valence-corrected chi connectivity index (χ4v) is 1.92. The number of halogens is 2. The first kappa shape index (κ1) is 12.5. The lowest BCUT2D eigenvalue weighted by Crippen LogP contribution is -2.09. The van der Waals surface area contributed by atoms with Crippen molar-refractivity contribution >= 4 is 11.6 Å². The second kappa shape index (κ2) is 5.47. The maximum atomic E-state index is 13.0. The Morgan fingerprint density at radius 2 is 2.07 bits per heavy atom. The zero-order chi connectivity index (χ0) is 11.4. The molecule has 0 saturated carbocycles. The molecule has 0 aromatic heterocycles. The molecule has 1 aromatic carbocycles. The lowest BCUT2D eigenvalue weighted by atomic mass is 9.94. The van der Waals surface area contributed by atoms with E-state index in [-0.39, 0.29) is 5.92 Å². The predicted molar refractivity (Wildman–Crippen MR) is 60.4 cm³/mol. The van der Waals surface area contributed by atoms with E-state index in [1.54, 1.807) is 6.07 Å². The van der Waals surface area contributed by atoms with Gasteiger partial charge < -0.3 is 5.11 Å². The summed E-state index contributed by atoms with van der Waals surface area (Å²) in [5.41, 5.74) is 0.556. The molecule has 1 aromatic rings. The van der Waals surface area contributed by atoms with E-state index in [0.29, 0.717) is 10.6 Å². The van der Waals surface area contributed by atoms with Gasteiger partial charge in [-0.05, 0) is 36.1 Å². The van der Waals surface area contributed by atoms with E-state index in [1.165, 1.54) is 12.1 Å². The number of rotatable bonds is 4. The van der Waals surface area contributed by atoms with Gasteiger partial charge in [-0.25, -0.2) is 4.39 Å². The minimum atomic E-state index is -0.641. The van der Waals surface area contributed by atoms with E-state index in [4.69, 9.17) is 11.6 Å². The SMILES string of the molecule is CCCC(C)C(O)c1cc(F)cc(Cl)c1. The highest BCUT2D eigenvalue weighted by molar-refractivity contribution is 6.30. The van der Waals surface area contributed by atoms with Crippen molar-refractivity contribution in [2.75, 3.05) is 0 Å². The lowest BCUT2D eigenvalue weighted by Gasteiger charge is -2.18. The monoisotopic (exact) mass is 230 g/mol. The molecule has 1 nitrogen and oxygen atoms in total. The van der Waals surface area contributed by atoms with E-state index in [9.17, 15) is 9.50 Å². The van der Waals surface area contributed by atoms with Crippen LogP contribution in [0.15, 0.2) is 18.2 Å². The third kappa shape index (κ3) is 3.47. The Morgan fingerprint density at radius 3 is 2.60 bits per heavy atom. The molecule has 1 rings (SSSR count). The Kier molecular flexibility index (Phi) is 4.55. The Balaban J connectivity index is 2.85. The predicted octanol–water partition coefficient (Wildman–Crippen LogP) is 3.95. The molecule has 84 valence electrons.